The van der Waals surface area contributed by atoms with E-state index in [4.69, 9.17) is 0 Å². The molecule has 2 aliphatic heterocycles. The van der Waals surface area contributed by atoms with Gasteiger partial charge in [0.05, 0.1) is 11.6 Å². The number of aromatic amines is 1. The Bertz CT molecular complexity index is 712. The minimum atomic E-state index is -0.472. The molecule has 6 nitrogen and oxygen atoms in total. The van der Waals surface area contributed by atoms with Crippen molar-refractivity contribution in [2.75, 3.05) is 23.4 Å². The zero-order valence-corrected chi connectivity index (χ0v) is 14.5. The van der Waals surface area contributed by atoms with E-state index in [1.54, 1.807) is 16.7 Å². The van der Waals surface area contributed by atoms with Gasteiger partial charge in [0.1, 0.15) is 5.69 Å². The smallest absolute Gasteiger partial charge is 0.322 e. The molecular weight excluding hydrogens is 326 g/mol. The number of pyridine rings is 1. The summed E-state index contributed by atoms with van der Waals surface area (Å²) >= 11 is 1.77. The highest BCUT2D eigenvalue weighted by Crippen LogP contribution is 2.41. The molecule has 0 aromatic carbocycles. The topological polar surface area (TPSA) is 85.4 Å². The van der Waals surface area contributed by atoms with Gasteiger partial charge in [-0.1, -0.05) is 0 Å². The first kappa shape index (κ1) is 16.0. The molecule has 4 rings (SSSR count). The predicted octanol–water partition coefficient (Wildman–Crippen LogP) is 1.73. The molecule has 1 aliphatic carbocycles. The number of fused-ring (bicyclic) bond motifs is 1. The number of aromatic nitrogens is 1. The second-order valence-electron chi connectivity index (χ2n) is 7.02. The lowest BCUT2D eigenvalue weighted by Gasteiger charge is -2.36. The summed E-state index contributed by atoms with van der Waals surface area (Å²) in [6.45, 7) is 0.538. The van der Waals surface area contributed by atoms with Crippen molar-refractivity contribution in [3.8, 4) is 0 Å². The van der Waals surface area contributed by atoms with Gasteiger partial charge in [0.25, 0.3) is 5.56 Å². The number of H-pyrrole nitrogens is 1. The molecule has 7 heteroatoms. The van der Waals surface area contributed by atoms with Crippen LogP contribution >= 0.6 is 11.8 Å². The number of nitrogens with zero attached hydrogens (tertiary/aromatic N) is 1. The van der Waals surface area contributed by atoms with E-state index < -0.39 is 11.6 Å². The number of anilines is 1. The first-order valence-corrected chi connectivity index (χ1v) is 9.85. The molecule has 1 aromatic rings. The molecule has 2 unspecified atom stereocenters. The highest BCUT2D eigenvalue weighted by Gasteiger charge is 2.52. The number of carbonyl (C=O) groups is 1. The standard InChI is InChI=1S/C17H23N3O3S/c21-14-5-7-20(17(14)6-8-24-10-17)16(23)19-13-9-11-3-1-2-4-12(11)18-15(13)22/h9,14,21H,1-8,10H2,(H,18,22)(H,19,23). The number of rotatable bonds is 1. The molecule has 2 saturated heterocycles. The SMILES string of the molecule is O=C(Nc1cc2c([nH]c1=O)CCCC2)N1CCC(O)C12CCSC2. The highest BCUT2D eigenvalue weighted by molar-refractivity contribution is 7.99. The number of nitrogens with one attached hydrogen (secondary N) is 2. The van der Waals surface area contributed by atoms with E-state index in [1.165, 1.54) is 0 Å². The fraction of sp³-hybridized carbons (Fsp3) is 0.647. The van der Waals surface area contributed by atoms with Crippen LogP contribution in [0, 0.1) is 0 Å². The number of aliphatic hydroxyl groups excluding tert-OH is 1. The number of aryl methyl sites for hydroxylation is 2. The molecule has 3 heterocycles. The van der Waals surface area contributed by atoms with Crippen molar-refractivity contribution < 1.29 is 9.90 Å². The van der Waals surface area contributed by atoms with E-state index in [0.717, 1.165) is 54.9 Å². The Balaban J connectivity index is 1.57. The molecule has 24 heavy (non-hydrogen) atoms. The summed E-state index contributed by atoms with van der Waals surface area (Å²) in [5.74, 6) is 1.72. The van der Waals surface area contributed by atoms with Crippen LogP contribution in [0.2, 0.25) is 0 Å². The van der Waals surface area contributed by atoms with Crippen LogP contribution in [0.1, 0.15) is 36.9 Å². The van der Waals surface area contributed by atoms with Crippen molar-refractivity contribution in [2.24, 2.45) is 0 Å². The minimum absolute atomic E-state index is 0.237. The third kappa shape index (κ3) is 2.54. The van der Waals surface area contributed by atoms with Gasteiger partial charge < -0.3 is 20.3 Å². The molecular formula is C17H23N3O3S. The van der Waals surface area contributed by atoms with E-state index in [9.17, 15) is 14.7 Å². The van der Waals surface area contributed by atoms with Crippen molar-refractivity contribution in [3.63, 3.8) is 0 Å². The summed E-state index contributed by atoms with van der Waals surface area (Å²) < 4.78 is 0. The summed E-state index contributed by atoms with van der Waals surface area (Å²) in [5.41, 5.74) is 1.75. The van der Waals surface area contributed by atoms with E-state index in [-0.39, 0.29) is 11.6 Å². The first-order valence-electron chi connectivity index (χ1n) is 8.70. The van der Waals surface area contributed by atoms with Gasteiger partial charge in [-0.25, -0.2) is 4.79 Å². The molecule has 0 bridgehead atoms. The minimum Gasteiger partial charge on any atom is -0.391 e. The van der Waals surface area contributed by atoms with Crippen LogP contribution < -0.4 is 10.9 Å². The lowest BCUT2D eigenvalue weighted by Crippen LogP contribution is -2.54. The fourth-order valence-electron chi connectivity index (χ4n) is 4.22. The van der Waals surface area contributed by atoms with E-state index in [0.29, 0.717) is 18.7 Å². The Morgan fingerprint density at radius 2 is 2.25 bits per heavy atom. The number of likely N-dealkylation sites (tertiary alicyclic amines) is 1. The highest BCUT2D eigenvalue weighted by atomic mass is 32.2. The van der Waals surface area contributed by atoms with Gasteiger partial charge in [-0.05, 0) is 55.9 Å². The number of urea groups is 1. The van der Waals surface area contributed by atoms with E-state index in [1.807, 2.05) is 6.07 Å². The van der Waals surface area contributed by atoms with Crippen LogP contribution in [0.3, 0.4) is 0 Å². The van der Waals surface area contributed by atoms with Crippen LogP contribution in [0.5, 0.6) is 0 Å². The maximum atomic E-state index is 12.8. The maximum absolute atomic E-state index is 12.8. The van der Waals surface area contributed by atoms with Crippen LogP contribution in [0.15, 0.2) is 10.9 Å². The lowest BCUT2D eigenvalue weighted by atomic mass is 9.93. The Kier molecular flexibility index (Phi) is 4.08. The van der Waals surface area contributed by atoms with Crippen molar-refractivity contribution >= 4 is 23.5 Å². The number of hydrogen-bond acceptors (Lipinski definition) is 4. The molecule has 3 N–H and O–H groups in total. The monoisotopic (exact) mass is 349 g/mol. The number of aliphatic hydroxyl groups is 1. The zero-order chi connectivity index (χ0) is 16.7. The number of thioether (sulfide) groups is 1. The summed E-state index contributed by atoms with van der Waals surface area (Å²) in [4.78, 5) is 29.7. The molecule has 2 fully saturated rings. The molecule has 3 aliphatic rings. The number of carbonyl (C=O) groups excluding carboxylic acids is 1. The molecule has 0 radical (unpaired) electrons. The maximum Gasteiger partial charge on any atom is 0.322 e. The summed E-state index contributed by atoms with van der Waals surface area (Å²) in [7, 11) is 0. The van der Waals surface area contributed by atoms with Gasteiger partial charge in [0, 0.05) is 18.0 Å². The van der Waals surface area contributed by atoms with Crippen LogP contribution in [0.4, 0.5) is 10.5 Å². The average molecular weight is 349 g/mol. The Hall–Kier alpha value is -1.47. The Morgan fingerprint density at radius 3 is 3.04 bits per heavy atom. The molecule has 2 amide bonds. The van der Waals surface area contributed by atoms with Gasteiger partial charge in [0.2, 0.25) is 0 Å². The summed E-state index contributed by atoms with van der Waals surface area (Å²) in [5, 5.41) is 13.2. The second-order valence-corrected chi connectivity index (χ2v) is 8.12. The molecule has 1 aromatic heterocycles. The van der Waals surface area contributed by atoms with Crippen LogP contribution in [-0.4, -0.2) is 50.7 Å². The third-order valence-corrected chi connectivity index (χ3v) is 6.84. The summed E-state index contributed by atoms with van der Waals surface area (Å²) in [6, 6.07) is 1.56. The molecule has 0 saturated carbocycles. The van der Waals surface area contributed by atoms with Crippen molar-refractivity contribution in [1.29, 1.82) is 0 Å². The van der Waals surface area contributed by atoms with Gasteiger partial charge in [-0.3, -0.25) is 4.79 Å². The van der Waals surface area contributed by atoms with Gasteiger partial charge in [-0.15, -0.1) is 0 Å². The lowest BCUT2D eigenvalue weighted by molar-refractivity contribution is 0.0656. The van der Waals surface area contributed by atoms with Crippen molar-refractivity contribution in [3.05, 3.63) is 27.7 Å². The van der Waals surface area contributed by atoms with E-state index in [2.05, 4.69) is 10.3 Å². The number of amides is 2. The van der Waals surface area contributed by atoms with Gasteiger partial charge in [-0.2, -0.15) is 11.8 Å². The van der Waals surface area contributed by atoms with Gasteiger partial charge >= 0.3 is 6.03 Å². The van der Waals surface area contributed by atoms with Crippen molar-refractivity contribution in [2.45, 2.75) is 50.2 Å². The number of hydrogen-bond donors (Lipinski definition) is 3. The van der Waals surface area contributed by atoms with Crippen LogP contribution in [-0.2, 0) is 12.8 Å². The second kappa shape index (κ2) is 6.11. The molecule has 2 atom stereocenters. The van der Waals surface area contributed by atoms with Gasteiger partial charge in [0.15, 0.2) is 0 Å². The zero-order valence-electron chi connectivity index (χ0n) is 13.6. The summed E-state index contributed by atoms with van der Waals surface area (Å²) in [6.07, 6.45) is 5.00. The predicted molar refractivity (Wildman–Crippen MR) is 94.7 cm³/mol. The normalized spacial score (nSPS) is 29.0. The fourth-order valence-corrected chi connectivity index (χ4v) is 5.71. The van der Waals surface area contributed by atoms with Crippen molar-refractivity contribution in [1.82, 2.24) is 9.88 Å². The Labute approximate surface area is 145 Å². The Morgan fingerprint density at radius 1 is 1.42 bits per heavy atom. The third-order valence-electron chi connectivity index (χ3n) is 5.64. The average Bonchev–Trinajstić information content (AvgIpc) is 3.18. The first-order chi connectivity index (χ1) is 11.6. The van der Waals surface area contributed by atoms with Crippen LogP contribution in [0.25, 0.3) is 0 Å². The molecule has 1 spiro atoms. The van der Waals surface area contributed by atoms with E-state index >= 15 is 0 Å². The quantitative estimate of drug-likeness (QED) is 0.721. The largest absolute Gasteiger partial charge is 0.391 e. The molecule has 130 valence electrons.